The molecule has 70 valence electrons. The standard InChI is InChI=1S/C10H10Br2O/c1-6(2)10(13)9-7(11)4-3-5-8(9)12/h3-6H,1-2H3. The molecule has 1 nitrogen and oxygen atoms in total. The summed E-state index contributed by atoms with van der Waals surface area (Å²) in [4.78, 5) is 11.7. The molecule has 0 aromatic heterocycles. The molecule has 0 bridgehead atoms. The third-order valence-corrected chi connectivity index (χ3v) is 3.06. The lowest BCUT2D eigenvalue weighted by Gasteiger charge is -2.08. The molecule has 0 N–H and O–H groups in total. The van der Waals surface area contributed by atoms with Crippen molar-refractivity contribution in [2.24, 2.45) is 5.92 Å². The number of Topliss-reactive ketones (excluding diaryl/α,β-unsaturated/α-hetero) is 1. The SMILES string of the molecule is CC(C)C(=O)c1c(Br)cccc1Br. The number of hydrogen-bond donors (Lipinski definition) is 0. The van der Waals surface area contributed by atoms with Gasteiger partial charge in [0, 0.05) is 20.4 Å². The van der Waals surface area contributed by atoms with E-state index in [1.807, 2.05) is 32.0 Å². The average molecular weight is 306 g/mol. The fourth-order valence-corrected chi connectivity index (χ4v) is 2.41. The van der Waals surface area contributed by atoms with Gasteiger partial charge in [-0.05, 0) is 12.1 Å². The maximum Gasteiger partial charge on any atom is 0.167 e. The summed E-state index contributed by atoms with van der Waals surface area (Å²) in [6, 6.07) is 5.64. The van der Waals surface area contributed by atoms with Crippen LogP contribution in [0.2, 0.25) is 0 Å². The molecule has 0 radical (unpaired) electrons. The summed E-state index contributed by atoms with van der Waals surface area (Å²) < 4.78 is 1.70. The van der Waals surface area contributed by atoms with E-state index >= 15 is 0 Å². The summed E-state index contributed by atoms with van der Waals surface area (Å²) in [6.45, 7) is 3.79. The molecule has 0 atom stereocenters. The molecule has 1 aromatic carbocycles. The molecular formula is C10H10Br2O. The van der Waals surface area contributed by atoms with Gasteiger partial charge in [0.2, 0.25) is 0 Å². The van der Waals surface area contributed by atoms with Crippen molar-refractivity contribution in [3.05, 3.63) is 32.7 Å². The summed E-state index contributed by atoms with van der Waals surface area (Å²) in [5, 5.41) is 0. The van der Waals surface area contributed by atoms with E-state index in [4.69, 9.17) is 0 Å². The normalized spacial score (nSPS) is 10.5. The van der Waals surface area contributed by atoms with Crippen LogP contribution in [0.4, 0.5) is 0 Å². The van der Waals surface area contributed by atoms with Crippen LogP contribution in [0.5, 0.6) is 0 Å². The topological polar surface area (TPSA) is 17.1 Å². The Bertz CT molecular complexity index is 311. The second kappa shape index (κ2) is 4.38. The molecule has 0 aliphatic carbocycles. The maximum absolute atomic E-state index is 11.7. The predicted molar refractivity (Wildman–Crippen MR) is 61.0 cm³/mol. The van der Waals surface area contributed by atoms with Gasteiger partial charge in [-0.2, -0.15) is 0 Å². The van der Waals surface area contributed by atoms with Crippen LogP contribution in [-0.2, 0) is 0 Å². The van der Waals surface area contributed by atoms with Crippen LogP contribution in [0.25, 0.3) is 0 Å². The third kappa shape index (κ3) is 2.41. The summed E-state index contributed by atoms with van der Waals surface area (Å²) in [6.07, 6.45) is 0. The lowest BCUT2D eigenvalue weighted by Crippen LogP contribution is -2.08. The van der Waals surface area contributed by atoms with Crippen molar-refractivity contribution in [2.45, 2.75) is 13.8 Å². The zero-order valence-electron chi connectivity index (χ0n) is 7.47. The van der Waals surface area contributed by atoms with Gasteiger partial charge in [-0.25, -0.2) is 0 Å². The zero-order chi connectivity index (χ0) is 10.0. The fourth-order valence-electron chi connectivity index (χ4n) is 1.02. The van der Waals surface area contributed by atoms with Gasteiger partial charge in [0.1, 0.15) is 0 Å². The minimum Gasteiger partial charge on any atom is -0.294 e. The Balaban J connectivity index is 3.20. The molecule has 0 unspecified atom stereocenters. The molecule has 0 aliphatic rings. The lowest BCUT2D eigenvalue weighted by atomic mass is 10.0. The fraction of sp³-hybridized carbons (Fsp3) is 0.300. The van der Waals surface area contributed by atoms with Crippen molar-refractivity contribution in [3.8, 4) is 0 Å². The van der Waals surface area contributed by atoms with Crippen LogP contribution in [0.3, 0.4) is 0 Å². The van der Waals surface area contributed by atoms with E-state index in [0.717, 1.165) is 14.5 Å². The van der Waals surface area contributed by atoms with Crippen LogP contribution in [-0.4, -0.2) is 5.78 Å². The molecule has 13 heavy (non-hydrogen) atoms. The molecule has 0 heterocycles. The Hall–Kier alpha value is -0.150. The Morgan fingerprint density at radius 3 is 2.08 bits per heavy atom. The van der Waals surface area contributed by atoms with Gasteiger partial charge in [0.05, 0.1) is 0 Å². The van der Waals surface area contributed by atoms with Crippen molar-refractivity contribution in [2.75, 3.05) is 0 Å². The van der Waals surface area contributed by atoms with Crippen molar-refractivity contribution >= 4 is 37.6 Å². The first-order valence-electron chi connectivity index (χ1n) is 4.02. The number of carbonyl (C=O) groups excluding carboxylic acids is 1. The Kier molecular flexibility index (Phi) is 3.68. The number of ketones is 1. The molecule has 1 rings (SSSR count). The van der Waals surface area contributed by atoms with Gasteiger partial charge in [-0.3, -0.25) is 4.79 Å². The molecular weight excluding hydrogens is 296 g/mol. The summed E-state index contributed by atoms with van der Waals surface area (Å²) in [7, 11) is 0. The molecule has 1 aromatic rings. The molecule has 0 aliphatic heterocycles. The summed E-state index contributed by atoms with van der Waals surface area (Å²) >= 11 is 6.73. The summed E-state index contributed by atoms with van der Waals surface area (Å²) in [5.74, 6) is 0.175. The molecule has 0 spiro atoms. The number of rotatable bonds is 2. The minimum atomic E-state index is 0.0231. The van der Waals surface area contributed by atoms with Gasteiger partial charge in [-0.1, -0.05) is 51.8 Å². The second-order valence-electron chi connectivity index (χ2n) is 3.12. The van der Waals surface area contributed by atoms with Gasteiger partial charge >= 0.3 is 0 Å². The van der Waals surface area contributed by atoms with E-state index in [9.17, 15) is 4.79 Å². The van der Waals surface area contributed by atoms with E-state index in [0.29, 0.717) is 0 Å². The molecule has 0 fully saturated rings. The van der Waals surface area contributed by atoms with E-state index < -0.39 is 0 Å². The number of benzene rings is 1. The minimum absolute atomic E-state index is 0.0231. The van der Waals surface area contributed by atoms with Crippen LogP contribution < -0.4 is 0 Å². The van der Waals surface area contributed by atoms with Crippen molar-refractivity contribution < 1.29 is 4.79 Å². The van der Waals surface area contributed by atoms with Gasteiger partial charge in [-0.15, -0.1) is 0 Å². The number of carbonyl (C=O) groups is 1. The average Bonchev–Trinajstić information content (AvgIpc) is 2.03. The monoisotopic (exact) mass is 304 g/mol. The smallest absolute Gasteiger partial charge is 0.167 e. The van der Waals surface area contributed by atoms with E-state index in [1.165, 1.54) is 0 Å². The summed E-state index contributed by atoms with van der Waals surface area (Å²) in [5.41, 5.74) is 0.734. The second-order valence-corrected chi connectivity index (χ2v) is 4.82. The van der Waals surface area contributed by atoms with Crippen molar-refractivity contribution in [3.63, 3.8) is 0 Å². The highest BCUT2D eigenvalue weighted by Gasteiger charge is 2.16. The van der Waals surface area contributed by atoms with E-state index in [-0.39, 0.29) is 11.7 Å². The molecule has 0 amide bonds. The Labute approximate surface area is 94.8 Å². The highest BCUT2D eigenvalue weighted by atomic mass is 79.9. The first kappa shape index (κ1) is 10.9. The van der Waals surface area contributed by atoms with Crippen LogP contribution >= 0.6 is 31.9 Å². The molecule has 0 saturated heterocycles. The molecule has 3 heteroatoms. The lowest BCUT2D eigenvalue weighted by molar-refractivity contribution is 0.0938. The number of hydrogen-bond acceptors (Lipinski definition) is 1. The number of halogens is 2. The van der Waals surface area contributed by atoms with Gasteiger partial charge in [0.15, 0.2) is 5.78 Å². The predicted octanol–water partition coefficient (Wildman–Crippen LogP) is 4.05. The van der Waals surface area contributed by atoms with Gasteiger partial charge in [0.25, 0.3) is 0 Å². The van der Waals surface area contributed by atoms with Crippen molar-refractivity contribution in [1.82, 2.24) is 0 Å². The van der Waals surface area contributed by atoms with Crippen molar-refractivity contribution in [1.29, 1.82) is 0 Å². The first-order valence-corrected chi connectivity index (χ1v) is 5.61. The van der Waals surface area contributed by atoms with E-state index in [1.54, 1.807) is 0 Å². The third-order valence-electron chi connectivity index (χ3n) is 1.73. The highest BCUT2D eigenvalue weighted by Crippen LogP contribution is 2.27. The van der Waals surface area contributed by atoms with Crippen LogP contribution in [0.1, 0.15) is 24.2 Å². The van der Waals surface area contributed by atoms with Crippen LogP contribution in [0.15, 0.2) is 27.1 Å². The molecule has 0 saturated carbocycles. The van der Waals surface area contributed by atoms with Crippen LogP contribution in [0, 0.1) is 5.92 Å². The first-order chi connectivity index (χ1) is 6.04. The zero-order valence-corrected chi connectivity index (χ0v) is 10.6. The maximum atomic E-state index is 11.7. The Morgan fingerprint density at radius 1 is 1.23 bits per heavy atom. The quantitative estimate of drug-likeness (QED) is 0.753. The largest absolute Gasteiger partial charge is 0.294 e. The van der Waals surface area contributed by atoms with E-state index in [2.05, 4.69) is 31.9 Å². The van der Waals surface area contributed by atoms with Gasteiger partial charge < -0.3 is 0 Å². The highest BCUT2D eigenvalue weighted by molar-refractivity contribution is 9.11. The Morgan fingerprint density at radius 2 is 1.69 bits per heavy atom.